The summed E-state index contributed by atoms with van der Waals surface area (Å²) < 4.78 is 13.4. The fourth-order valence-corrected chi connectivity index (χ4v) is 2.77. The van der Waals surface area contributed by atoms with Crippen LogP contribution in [0.15, 0.2) is 54.7 Å². The molecule has 3 aromatic rings. The van der Waals surface area contributed by atoms with E-state index in [1.165, 1.54) is 12.1 Å². The molecule has 1 amide bonds. The van der Waals surface area contributed by atoms with Gasteiger partial charge in [-0.2, -0.15) is 0 Å². The highest BCUT2D eigenvalue weighted by molar-refractivity contribution is 5.90. The van der Waals surface area contributed by atoms with Gasteiger partial charge in [-0.1, -0.05) is 24.3 Å². The van der Waals surface area contributed by atoms with Gasteiger partial charge in [-0.05, 0) is 53.9 Å². The number of nitrogens with one attached hydrogen (secondary N) is 3. The van der Waals surface area contributed by atoms with E-state index in [9.17, 15) is 9.18 Å². The zero-order chi connectivity index (χ0) is 18.4. The van der Waals surface area contributed by atoms with Crippen molar-refractivity contribution in [3.8, 4) is 0 Å². The number of aromatic nitrogens is 1. The van der Waals surface area contributed by atoms with Crippen molar-refractivity contribution in [3.63, 3.8) is 0 Å². The largest absolute Gasteiger partial charge is 0.361 e. The van der Waals surface area contributed by atoms with Crippen LogP contribution in [-0.4, -0.2) is 22.6 Å². The van der Waals surface area contributed by atoms with Crippen LogP contribution in [0.2, 0.25) is 0 Å². The van der Waals surface area contributed by atoms with E-state index in [-0.39, 0.29) is 5.82 Å². The van der Waals surface area contributed by atoms with Crippen LogP contribution in [0.4, 0.5) is 4.39 Å². The predicted molar refractivity (Wildman–Crippen MR) is 99.1 cm³/mol. The number of H-pyrrole nitrogens is 1. The number of carbonyl (C=O) groups is 1. The molecule has 0 aliphatic rings. The highest BCUT2D eigenvalue weighted by Gasteiger charge is 2.04. The molecule has 3 rings (SSSR count). The minimum Gasteiger partial charge on any atom is -0.361 e. The summed E-state index contributed by atoms with van der Waals surface area (Å²) in [6.45, 7) is 1.50. The fourth-order valence-electron chi connectivity index (χ4n) is 2.77. The number of hydrogen-bond acceptors (Lipinski definition) is 3. The average molecular weight is 353 g/mol. The summed E-state index contributed by atoms with van der Waals surface area (Å²) in [5.74, 6) is -0.787. The second-order valence-electron chi connectivity index (χ2n) is 5.98. The molecule has 0 radical (unpaired) electrons. The SMILES string of the molecule is O=C(/C=C/c1ccc(CNCCc2c[nH]c3ccc(F)cc23)cc1)NO. The fraction of sp³-hybridized carbons (Fsp3) is 0.150. The Morgan fingerprint density at radius 2 is 2.00 bits per heavy atom. The summed E-state index contributed by atoms with van der Waals surface area (Å²) in [5.41, 5.74) is 5.58. The molecule has 0 spiro atoms. The zero-order valence-electron chi connectivity index (χ0n) is 14.1. The Labute approximate surface area is 150 Å². The molecule has 26 heavy (non-hydrogen) atoms. The van der Waals surface area contributed by atoms with Gasteiger partial charge in [-0.25, -0.2) is 9.87 Å². The van der Waals surface area contributed by atoms with Crippen molar-refractivity contribution in [2.75, 3.05) is 6.54 Å². The smallest absolute Gasteiger partial charge is 0.267 e. The summed E-state index contributed by atoms with van der Waals surface area (Å²) in [6, 6.07) is 12.5. The Hall–Kier alpha value is -2.96. The molecular formula is C20H20FN3O2. The van der Waals surface area contributed by atoms with Crippen molar-refractivity contribution >= 4 is 22.9 Å². The predicted octanol–water partition coefficient (Wildman–Crippen LogP) is 3.16. The Morgan fingerprint density at radius 3 is 2.77 bits per heavy atom. The number of hydroxylamine groups is 1. The third kappa shape index (κ3) is 4.56. The van der Waals surface area contributed by atoms with Crippen LogP contribution in [0.25, 0.3) is 17.0 Å². The summed E-state index contributed by atoms with van der Waals surface area (Å²) >= 11 is 0. The molecule has 0 aliphatic heterocycles. The summed E-state index contributed by atoms with van der Waals surface area (Å²) in [5, 5.41) is 12.7. The van der Waals surface area contributed by atoms with Crippen molar-refractivity contribution < 1.29 is 14.4 Å². The molecule has 1 heterocycles. The van der Waals surface area contributed by atoms with Crippen LogP contribution in [0, 0.1) is 5.82 Å². The van der Waals surface area contributed by atoms with E-state index in [2.05, 4.69) is 10.3 Å². The van der Waals surface area contributed by atoms with Gasteiger partial charge in [-0.15, -0.1) is 0 Å². The molecule has 0 aliphatic carbocycles. The van der Waals surface area contributed by atoms with Crippen molar-refractivity contribution in [1.29, 1.82) is 0 Å². The van der Waals surface area contributed by atoms with Gasteiger partial charge in [0.25, 0.3) is 5.91 Å². The second-order valence-corrected chi connectivity index (χ2v) is 5.98. The molecule has 0 saturated heterocycles. The minimum absolute atomic E-state index is 0.225. The lowest BCUT2D eigenvalue weighted by Gasteiger charge is -2.05. The van der Waals surface area contributed by atoms with Gasteiger partial charge in [0.15, 0.2) is 0 Å². The van der Waals surface area contributed by atoms with Crippen LogP contribution in [-0.2, 0) is 17.8 Å². The number of halogens is 1. The minimum atomic E-state index is -0.562. The van der Waals surface area contributed by atoms with Crippen molar-refractivity contribution in [2.24, 2.45) is 0 Å². The third-order valence-corrected chi connectivity index (χ3v) is 4.15. The molecule has 0 bridgehead atoms. The first-order valence-corrected chi connectivity index (χ1v) is 8.33. The van der Waals surface area contributed by atoms with E-state index >= 15 is 0 Å². The summed E-state index contributed by atoms with van der Waals surface area (Å²) in [6.07, 6.45) is 5.62. The monoisotopic (exact) mass is 353 g/mol. The molecule has 5 nitrogen and oxygen atoms in total. The molecule has 0 fully saturated rings. The van der Waals surface area contributed by atoms with Gasteiger partial charge < -0.3 is 10.3 Å². The summed E-state index contributed by atoms with van der Waals surface area (Å²) in [4.78, 5) is 14.1. The highest BCUT2D eigenvalue weighted by atomic mass is 19.1. The molecular weight excluding hydrogens is 333 g/mol. The van der Waals surface area contributed by atoms with Gasteiger partial charge in [0.1, 0.15) is 5.82 Å². The normalized spacial score (nSPS) is 11.3. The molecule has 134 valence electrons. The molecule has 1 aromatic heterocycles. The van der Waals surface area contributed by atoms with Gasteiger partial charge in [0.05, 0.1) is 0 Å². The van der Waals surface area contributed by atoms with Gasteiger partial charge in [-0.3, -0.25) is 10.0 Å². The maximum atomic E-state index is 13.4. The van der Waals surface area contributed by atoms with E-state index in [0.717, 1.165) is 47.1 Å². The maximum Gasteiger partial charge on any atom is 0.267 e. The van der Waals surface area contributed by atoms with E-state index in [1.807, 2.05) is 30.5 Å². The molecule has 2 aromatic carbocycles. The van der Waals surface area contributed by atoms with Crippen molar-refractivity contribution in [1.82, 2.24) is 15.8 Å². The third-order valence-electron chi connectivity index (χ3n) is 4.15. The average Bonchev–Trinajstić information content (AvgIpc) is 3.06. The van der Waals surface area contributed by atoms with Gasteiger partial charge >= 0.3 is 0 Å². The standard InChI is InChI=1S/C20H20FN3O2/c21-17-6-7-19-18(11-17)16(13-23-19)9-10-22-12-15-3-1-14(2-4-15)5-8-20(25)24-26/h1-8,11,13,22-23,26H,9-10,12H2,(H,24,25)/b8-5+. The number of carbonyl (C=O) groups excluding carboxylic acids is 1. The Bertz CT molecular complexity index is 916. The Morgan fingerprint density at radius 1 is 1.19 bits per heavy atom. The first kappa shape index (κ1) is 17.8. The van der Waals surface area contributed by atoms with Gasteiger partial charge in [0.2, 0.25) is 0 Å². The number of aromatic amines is 1. The van der Waals surface area contributed by atoms with Crippen LogP contribution >= 0.6 is 0 Å². The number of amides is 1. The highest BCUT2D eigenvalue weighted by Crippen LogP contribution is 2.19. The Balaban J connectivity index is 1.49. The van der Waals surface area contributed by atoms with E-state index in [1.54, 1.807) is 23.7 Å². The van der Waals surface area contributed by atoms with Crippen LogP contribution in [0.5, 0.6) is 0 Å². The number of fused-ring (bicyclic) bond motifs is 1. The second kappa shape index (κ2) is 8.42. The van der Waals surface area contributed by atoms with E-state index in [0.29, 0.717) is 0 Å². The first-order chi connectivity index (χ1) is 12.7. The van der Waals surface area contributed by atoms with Gasteiger partial charge in [0, 0.05) is 29.7 Å². The number of benzene rings is 2. The molecule has 0 saturated carbocycles. The first-order valence-electron chi connectivity index (χ1n) is 8.33. The number of hydrogen-bond donors (Lipinski definition) is 4. The Kier molecular flexibility index (Phi) is 5.78. The quantitative estimate of drug-likeness (QED) is 0.228. The van der Waals surface area contributed by atoms with Crippen molar-refractivity contribution in [3.05, 3.63) is 77.2 Å². The molecule has 0 unspecified atom stereocenters. The zero-order valence-corrected chi connectivity index (χ0v) is 14.1. The topological polar surface area (TPSA) is 77.2 Å². The van der Waals surface area contributed by atoms with Crippen LogP contribution in [0.3, 0.4) is 0 Å². The molecule has 0 atom stereocenters. The lowest BCUT2D eigenvalue weighted by Crippen LogP contribution is -2.16. The molecule has 4 N–H and O–H groups in total. The maximum absolute atomic E-state index is 13.4. The van der Waals surface area contributed by atoms with Crippen molar-refractivity contribution in [2.45, 2.75) is 13.0 Å². The lowest BCUT2D eigenvalue weighted by molar-refractivity contribution is -0.124. The lowest BCUT2D eigenvalue weighted by atomic mass is 10.1. The number of rotatable bonds is 7. The van der Waals surface area contributed by atoms with Crippen LogP contribution in [0.1, 0.15) is 16.7 Å². The van der Waals surface area contributed by atoms with Crippen LogP contribution < -0.4 is 10.8 Å². The summed E-state index contributed by atoms with van der Waals surface area (Å²) in [7, 11) is 0. The van der Waals surface area contributed by atoms with E-state index in [4.69, 9.17) is 5.21 Å². The molecule has 6 heteroatoms. The van der Waals surface area contributed by atoms with E-state index < -0.39 is 5.91 Å².